The Balaban J connectivity index is 1.41. The number of carbonyl (C=O) groups excluding carboxylic acids is 2. The van der Waals surface area contributed by atoms with Crippen molar-refractivity contribution >= 4 is 17.5 Å². The highest BCUT2D eigenvalue weighted by molar-refractivity contribution is 6.05. The van der Waals surface area contributed by atoms with E-state index in [1.807, 2.05) is 24.3 Å². The molecule has 4 rings (SSSR count). The Kier molecular flexibility index (Phi) is 6.44. The molecule has 0 atom stereocenters. The minimum atomic E-state index is -0.574. The van der Waals surface area contributed by atoms with Crippen LogP contribution in [0, 0.1) is 0 Å². The fourth-order valence-corrected chi connectivity index (χ4v) is 3.18. The van der Waals surface area contributed by atoms with E-state index < -0.39 is 11.9 Å². The van der Waals surface area contributed by atoms with E-state index in [0.29, 0.717) is 23.1 Å². The van der Waals surface area contributed by atoms with Gasteiger partial charge in [-0.15, -0.1) is 15.3 Å². The van der Waals surface area contributed by atoms with E-state index in [1.54, 1.807) is 42.0 Å². The third kappa shape index (κ3) is 4.74. The van der Waals surface area contributed by atoms with Gasteiger partial charge < -0.3 is 19.5 Å². The summed E-state index contributed by atoms with van der Waals surface area (Å²) >= 11 is 0. The van der Waals surface area contributed by atoms with Crippen molar-refractivity contribution < 1.29 is 23.8 Å². The molecule has 0 fully saturated rings. The highest BCUT2D eigenvalue weighted by Gasteiger charge is 2.16. The molecular formula is C23H21N5O5. The number of carbonyl (C=O) groups is 2. The zero-order valence-corrected chi connectivity index (χ0v) is 18.0. The van der Waals surface area contributed by atoms with Crippen LogP contribution in [0.15, 0.2) is 60.7 Å². The van der Waals surface area contributed by atoms with Crippen LogP contribution in [0.4, 0.5) is 0 Å². The van der Waals surface area contributed by atoms with Crippen LogP contribution in [0.2, 0.25) is 0 Å². The molecule has 0 aliphatic rings. The first-order chi connectivity index (χ1) is 16.1. The molecule has 2 heterocycles. The van der Waals surface area contributed by atoms with Gasteiger partial charge in [-0.2, -0.15) is 4.52 Å². The van der Waals surface area contributed by atoms with Crippen molar-refractivity contribution in [1.82, 2.24) is 25.1 Å². The SMILES string of the molecule is COC(=O)c1ccccc1C(=O)NCCOc1ccc2nnc(-c3cccc(OC)c3)n2n1. The summed E-state index contributed by atoms with van der Waals surface area (Å²) in [5.74, 6) is 0.608. The predicted octanol–water partition coefficient (Wildman–Crippen LogP) is 2.40. The van der Waals surface area contributed by atoms with Crippen LogP contribution in [-0.2, 0) is 4.74 Å². The molecule has 0 saturated heterocycles. The van der Waals surface area contributed by atoms with Crippen molar-refractivity contribution in [3.8, 4) is 23.0 Å². The topological polar surface area (TPSA) is 117 Å². The van der Waals surface area contributed by atoms with Gasteiger partial charge in [0.1, 0.15) is 12.4 Å². The first kappa shape index (κ1) is 21.8. The number of benzene rings is 2. The van der Waals surface area contributed by atoms with Crippen LogP contribution >= 0.6 is 0 Å². The molecule has 0 aliphatic carbocycles. The van der Waals surface area contributed by atoms with Crippen molar-refractivity contribution in [2.24, 2.45) is 0 Å². The van der Waals surface area contributed by atoms with Gasteiger partial charge in [0.05, 0.1) is 31.9 Å². The van der Waals surface area contributed by atoms with Crippen LogP contribution in [0.25, 0.3) is 17.0 Å². The van der Waals surface area contributed by atoms with E-state index in [-0.39, 0.29) is 24.3 Å². The van der Waals surface area contributed by atoms with Crippen molar-refractivity contribution in [1.29, 1.82) is 0 Å². The van der Waals surface area contributed by atoms with E-state index in [9.17, 15) is 9.59 Å². The van der Waals surface area contributed by atoms with Gasteiger partial charge >= 0.3 is 5.97 Å². The average Bonchev–Trinajstić information content (AvgIpc) is 3.29. The third-order valence-electron chi connectivity index (χ3n) is 4.78. The predicted molar refractivity (Wildman–Crippen MR) is 118 cm³/mol. The van der Waals surface area contributed by atoms with E-state index in [1.165, 1.54) is 13.2 Å². The lowest BCUT2D eigenvalue weighted by atomic mass is 10.1. The molecule has 0 unspecified atom stereocenters. The number of rotatable bonds is 8. The molecule has 2 aromatic carbocycles. The Morgan fingerprint density at radius 1 is 0.970 bits per heavy atom. The van der Waals surface area contributed by atoms with Gasteiger partial charge in [0.15, 0.2) is 11.5 Å². The molecule has 1 amide bonds. The lowest BCUT2D eigenvalue weighted by Gasteiger charge is -2.10. The molecule has 0 radical (unpaired) electrons. The number of nitrogens with one attached hydrogen (secondary N) is 1. The van der Waals surface area contributed by atoms with Gasteiger partial charge in [-0.25, -0.2) is 4.79 Å². The molecular weight excluding hydrogens is 426 g/mol. The minimum Gasteiger partial charge on any atom is -0.497 e. The van der Waals surface area contributed by atoms with Gasteiger partial charge in [0, 0.05) is 11.6 Å². The molecule has 10 heteroatoms. The Morgan fingerprint density at radius 3 is 2.58 bits per heavy atom. The van der Waals surface area contributed by atoms with Gasteiger partial charge in [0.25, 0.3) is 5.91 Å². The van der Waals surface area contributed by atoms with Gasteiger partial charge in [-0.1, -0.05) is 24.3 Å². The number of amides is 1. The standard InChI is InChI=1S/C23H21N5O5/c1-31-16-7-5-6-15(14-16)21-26-25-19-10-11-20(27-28(19)21)33-13-12-24-22(29)17-8-3-4-9-18(17)23(30)32-2/h3-11,14H,12-13H2,1-2H3,(H,24,29). The van der Waals surface area contributed by atoms with Crippen molar-refractivity contribution in [3.05, 3.63) is 71.8 Å². The van der Waals surface area contributed by atoms with E-state index >= 15 is 0 Å². The Bertz CT molecular complexity index is 1300. The molecule has 4 aromatic rings. The second-order valence-corrected chi connectivity index (χ2v) is 6.84. The molecule has 0 spiro atoms. The average molecular weight is 447 g/mol. The fraction of sp³-hybridized carbons (Fsp3) is 0.174. The minimum absolute atomic E-state index is 0.168. The number of fused-ring (bicyclic) bond motifs is 1. The van der Waals surface area contributed by atoms with Crippen LogP contribution in [0.3, 0.4) is 0 Å². The highest BCUT2D eigenvalue weighted by Crippen LogP contribution is 2.23. The summed E-state index contributed by atoms with van der Waals surface area (Å²) in [6.07, 6.45) is 0. The normalized spacial score (nSPS) is 10.6. The number of ether oxygens (including phenoxy) is 3. The Labute approximate surface area is 189 Å². The highest BCUT2D eigenvalue weighted by atomic mass is 16.5. The Hall–Kier alpha value is -4.47. The molecule has 10 nitrogen and oxygen atoms in total. The largest absolute Gasteiger partial charge is 0.497 e. The molecule has 0 saturated carbocycles. The molecule has 168 valence electrons. The van der Waals surface area contributed by atoms with E-state index in [2.05, 4.69) is 20.6 Å². The van der Waals surface area contributed by atoms with Crippen LogP contribution in [0.5, 0.6) is 11.6 Å². The van der Waals surface area contributed by atoms with Crippen molar-refractivity contribution in [2.75, 3.05) is 27.4 Å². The zero-order valence-electron chi connectivity index (χ0n) is 18.0. The van der Waals surface area contributed by atoms with Crippen molar-refractivity contribution in [3.63, 3.8) is 0 Å². The summed E-state index contributed by atoms with van der Waals surface area (Å²) in [5.41, 5.74) is 1.79. The quantitative estimate of drug-likeness (QED) is 0.323. The van der Waals surface area contributed by atoms with E-state index in [4.69, 9.17) is 14.2 Å². The first-order valence-corrected chi connectivity index (χ1v) is 10.1. The lowest BCUT2D eigenvalue weighted by molar-refractivity contribution is 0.0596. The number of aromatic nitrogens is 4. The van der Waals surface area contributed by atoms with Gasteiger partial charge in [0.2, 0.25) is 5.88 Å². The maximum absolute atomic E-state index is 12.5. The first-order valence-electron chi connectivity index (χ1n) is 10.1. The van der Waals surface area contributed by atoms with Crippen LogP contribution < -0.4 is 14.8 Å². The molecule has 0 aliphatic heterocycles. The number of nitrogens with zero attached hydrogens (tertiary/aromatic N) is 4. The molecule has 2 aromatic heterocycles. The number of hydrogen-bond donors (Lipinski definition) is 1. The monoisotopic (exact) mass is 447 g/mol. The fourth-order valence-electron chi connectivity index (χ4n) is 3.18. The van der Waals surface area contributed by atoms with Crippen LogP contribution in [0.1, 0.15) is 20.7 Å². The van der Waals surface area contributed by atoms with Crippen LogP contribution in [-0.4, -0.2) is 59.1 Å². The second-order valence-electron chi connectivity index (χ2n) is 6.84. The number of methoxy groups -OCH3 is 2. The van der Waals surface area contributed by atoms with Crippen molar-refractivity contribution in [2.45, 2.75) is 0 Å². The summed E-state index contributed by atoms with van der Waals surface area (Å²) in [7, 11) is 2.86. The summed E-state index contributed by atoms with van der Waals surface area (Å²) in [6, 6.07) is 17.3. The maximum Gasteiger partial charge on any atom is 0.338 e. The second kappa shape index (κ2) is 9.77. The summed E-state index contributed by atoms with van der Waals surface area (Å²) in [6.45, 7) is 0.375. The smallest absolute Gasteiger partial charge is 0.338 e. The van der Waals surface area contributed by atoms with E-state index in [0.717, 1.165) is 5.56 Å². The molecule has 1 N–H and O–H groups in total. The summed E-state index contributed by atoms with van der Waals surface area (Å²) in [4.78, 5) is 24.3. The number of esters is 1. The summed E-state index contributed by atoms with van der Waals surface area (Å²) in [5, 5.41) is 15.5. The van der Waals surface area contributed by atoms with Gasteiger partial charge in [-0.05, 0) is 30.3 Å². The summed E-state index contributed by atoms with van der Waals surface area (Å²) < 4.78 is 17.3. The Morgan fingerprint density at radius 2 is 1.79 bits per heavy atom. The number of hydrogen-bond acceptors (Lipinski definition) is 8. The van der Waals surface area contributed by atoms with Gasteiger partial charge in [-0.3, -0.25) is 4.79 Å². The third-order valence-corrected chi connectivity index (χ3v) is 4.78. The molecule has 0 bridgehead atoms. The zero-order chi connectivity index (χ0) is 23.2. The lowest BCUT2D eigenvalue weighted by Crippen LogP contribution is -2.29. The maximum atomic E-state index is 12.5. The molecule has 33 heavy (non-hydrogen) atoms.